The van der Waals surface area contributed by atoms with Gasteiger partial charge in [-0.25, -0.2) is 4.79 Å². The Bertz CT molecular complexity index is 769. The zero-order chi connectivity index (χ0) is 22.7. The van der Waals surface area contributed by atoms with Gasteiger partial charge < -0.3 is 32.3 Å². The number of nitrogens with one attached hydrogen (secondary N) is 2. The van der Waals surface area contributed by atoms with Gasteiger partial charge in [0, 0.05) is 19.3 Å². The highest BCUT2D eigenvalue weighted by molar-refractivity contribution is 5.92. The first-order valence-electron chi connectivity index (χ1n) is 9.23. The van der Waals surface area contributed by atoms with E-state index in [1.54, 1.807) is 30.3 Å². The molecule has 0 spiro atoms. The Morgan fingerprint density at radius 3 is 2.00 bits per heavy atom. The Labute approximate surface area is 172 Å². The molecule has 1 aromatic rings. The van der Waals surface area contributed by atoms with Crippen LogP contribution in [0.1, 0.15) is 31.2 Å². The third-order valence-electron chi connectivity index (χ3n) is 4.22. The van der Waals surface area contributed by atoms with Crippen molar-refractivity contribution >= 4 is 29.7 Å². The molecule has 11 nitrogen and oxygen atoms in total. The first-order chi connectivity index (χ1) is 14.1. The summed E-state index contributed by atoms with van der Waals surface area (Å²) in [6.45, 7) is 0. The summed E-state index contributed by atoms with van der Waals surface area (Å²) >= 11 is 0. The molecular weight excluding hydrogens is 396 g/mol. The molecular formula is C19H26N4O7. The average Bonchev–Trinajstić information content (AvgIpc) is 2.68. The summed E-state index contributed by atoms with van der Waals surface area (Å²) in [6.07, 6.45) is -0.852. The number of carbonyl (C=O) groups is 5. The SMILES string of the molecule is NC(=O)CC[C@H](N)C(=O)N[C@@H](Cc1ccccc1)C(=O)N[C@@H](CCC(=O)O)C(=O)O. The van der Waals surface area contributed by atoms with E-state index in [0.29, 0.717) is 5.56 Å². The van der Waals surface area contributed by atoms with Crippen LogP contribution in [0.25, 0.3) is 0 Å². The highest BCUT2D eigenvalue weighted by atomic mass is 16.4. The maximum absolute atomic E-state index is 12.7. The Morgan fingerprint density at radius 1 is 0.867 bits per heavy atom. The zero-order valence-electron chi connectivity index (χ0n) is 16.2. The van der Waals surface area contributed by atoms with E-state index in [-0.39, 0.29) is 25.7 Å². The second-order valence-corrected chi connectivity index (χ2v) is 6.69. The predicted molar refractivity (Wildman–Crippen MR) is 105 cm³/mol. The fraction of sp³-hybridized carbons (Fsp3) is 0.421. The second-order valence-electron chi connectivity index (χ2n) is 6.69. The van der Waals surface area contributed by atoms with Gasteiger partial charge in [-0.2, -0.15) is 0 Å². The van der Waals surface area contributed by atoms with Crippen molar-refractivity contribution in [3.8, 4) is 0 Å². The number of carboxylic acid groups (broad SMARTS) is 2. The lowest BCUT2D eigenvalue weighted by atomic mass is 10.0. The third kappa shape index (κ3) is 9.15. The molecule has 1 rings (SSSR count). The molecule has 0 fully saturated rings. The van der Waals surface area contributed by atoms with Crippen molar-refractivity contribution in [2.24, 2.45) is 11.5 Å². The van der Waals surface area contributed by atoms with Crippen LogP contribution in [0.5, 0.6) is 0 Å². The number of nitrogens with two attached hydrogens (primary N) is 2. The van der Waals surface area contributed by atoms with Crippen molar-refractivity contribution in [2.45, 2.75) is 50.2 Å². The molecule has 0 aliphatic carbocycles. The highest BCUT2D eigenvalue weighted by Crippen LogP contribution is 2.06. The monoisotopic (exact) mass is 422 g/mol. The minimum absolute atomic E-state index is 0.0167. The van der Waals surface area contributed by atoms with Crippen LogP contribution in [0.15, 0.2) is 30.3 Å². The third-order valence-corrected chi connectivity index (χ3v) is 4.22. The first-order valence-corrected chi connectivity index (χ1v) is 9.23. The Kier molecular flexibility index (Phi) is 9.97. The van der Waals surface area contributed by atoms with Gasteiger partial charge in [-0.05, 0) is 18.4 Å². The predicted octanol–water partition coefficient (Wildman–Crippen LogP) is -1.26. The van der Waals surface area contributed by atoms with E-state index in [0.717, 1.165) is 0 Å². The van der Waals surface area contributed by atoms with E-state index in [1.165, 1.54) is 0 Å². The summed E-state index contributed by atoms with van der Waals surface area (Å²) in [4.78, 5) is 57.9. The second kappa shape index (κ2) is 12.2. The minimum Gasteiger partial charge on any atom is -0.481 e. The molecule has 0 saturated carbocycles. The standard InChI is InChI=1S/C19H26N4O7/c20-12(6-8-15(21)24)17(27)23-14(10-11-4-2-1-3-5-11)18(28)22-13(19(29)30)7-9-16(25)26/h1-5,12-14H,6-10,20H2,(H2,21,24)(H,22,28)(H,23,27)(H,25,26)(H,29,30)/t12-,13-,14-/m0/s1. The average molecular weight is 422 g/mol. The number of amides is 3. The molecule has 0 bridgehead atoms. The van der Waals surface area contributed by atoms with Gasteiger partial charge in [-0.3, -0.25) is 19.2 Å². The normalized spacial score (nSPS) is 13.5. The maximum atomic E-state index is 12.7. The van der Waals surface area contributed by atoms with Crippen molar-refractivity contribution in [3.05, 3.63) is 35.9 Å². The summed E-state index contributed by atoms with van der Waals surface area (Å²) in [7, 11) is 0. The van der Waals surface area contributed by atoms with Crippen LogP contribution in [0.2, 0.25) is 0 Å². The molecule has 0 heterocycles. The summed E-state index contributed by atoms with van der Waals surface area (Å²) < 4.78 is 0. The molecule has 3 atom stereocenters. The Balaban J connectivity index is 2.91. The molecule has 0 aliphatic heterocycles. The molecule has 8 N–H and O–H groups in total. The number of rotatable bonds is 13. The van der Waals surface area contributed by atoms with E-state index in [2.05, 4.69) is 10.6 Å². The number of carbonyl (C=O) groups excluding carboxylic acids is 3. The van der Waals surface area contributed by atoms with Gasteiger partial charge in [0.15, 0.2) is 0 Å². The molecule has 0 aliphatic rings. The summed E-state index contributed by atoms with van der Waals surface area (Å²) in [5.41, 5.74) is 11.5. The lowest BCUT2D eigenvalue weighted by Crippen LogP contribution is -2.55. The summed E-state index contributed by atoms with van der Waals surface area (Å²) in [5, 5.41) is 22.7. The van der Waals surface area contributed by atoms with Crippen molar-refractivity contribution in [2.75, 3.05) is 0 Å². The molecule has 164 valence electrons. The summed E-state index contributed by atoms with van der Waals surface area (Å²) in [5.74, 6) is -4.73. The molecule has 1 aromatic carbocycles. The number of carboxylic acids is 2. The Morgan fingerprint density at radius 2 is 1.47 bits per heavy atom. The van der Waals surface area contributed by atoms with Crippen LogP contribution < -0.4 is 22.1 Å². The number of primary amides is 1. The van der Waals surface area contributed by atoms with Crippen molar-refractivity contribution < 1.29 is 34.2 Å². The molecule has 3 amide bonds. The number of hydrogen-bond donors (Lipinski definition) is 6. The van der Waals surface area contributed by atoms with E-state index < -0.39 is 54.2 Å². The van der Waals surface area contributed by atoms with Gasteiger partial charge in [-0.1, -0.05) is 30.3 Å². The smallest absolute Gasteiger partial charge is 0.326 e. The van der Waals surface area contributed by atoms with Gasteiger partial charge in [0.05, 0.1) is 6.04 Å². The highest BCUT2D eigenvalue weighted by Gasteiger charge is 2.28. The fourth-order valence-electron chi connectivity index (χ4n) is 2.56. The quantitative estimate of drug-likeness (QED) is 0.226. The lowest BCUT2D eigenvalue weighted by molar-refractivity contribution is -0.143. The number of benzene rings is 1. The molecule has 0 unspecified atom stereocenters. The van der Waals surface area contributed by atoms with Crippen molar-refractivity contribution in [1.29, 1.82) is 0 Å². The van der Waals surface area contributed by atoms with Crippen LogP contribution in [-0.4, -0.2) is 58.0 Å². The van der Waals surface area contributed by atoms with E-state index >= 15 is 0 Å². The summed E-state index contributed by atoms with van der Waals surface area (Å²) in [6, 6.07) is 4.99. The lowest BCUT2D eigenvalue weighted by Gasteiger charge is -2.23. The number of hydrogen-bond acceptors (Lipinski definition) is 6. The topological polar surface area (TPSA) is 202 Å². The number of aliphatic carboxylic acids is 2. The van der Waals surface area contributed by atoms with Gasteiger partial charge >= 0.3 is 11.9 Å². The van der Waals surface area contributed by atoms with Gasteiger partial charge in [-0.15, -0.1) is 0 Å². The van der Waals surface area contributed by atoms with Gasteiger partial charge in [0.25, 0.3) is 0 Å². The van der Waals surface area contributed by atoms with Crippen LogP contribution in [0.4, 0.5) is 0 Å². The van der Waals surface area contributed by atoms with Crippen molar-refractivity contribution in [3.63, 3.8) is 0 Å². The van der Waals surface area contributed by atoms with E-state index in [9.17, 15) is 29.1 Å². The zero-order valence-corrected chi connectivity index (χ0v) is 16.2. The largest absolute Gasteiger partial charge is 0.481 e. The maximum Gasteiger partial charge on any atom is 0.326 e. The van der Waals surface area contributed by atoms with Crippen LogP contribution >= 0.6 is 0 Å². The fourth-order valence-corrected chi connectivity index (χ4v) is 2.56. The van der Waals surface area contributed by atoms with Crippen LogP contribution in [-0.2, 0) is 30.4 Å². The van der Waals surface area contributed by atoms with Crippen LogP contribution in [0.3, 0.4) is 0 Å². The molecule has 30 heavy (non-hydrogen) atoms. The molecule has 0 aromatic heterocycles. The molecule has 0 radical (unpaired) electrons. The molecule has 0 saturated heterocycles. The molecule has 11 heteroatoms. The minimum atomic E-state index is -1.44. The Hall–Kier alpha value is -3.47. The van der Waals surface area contributed by atoms with E-state index in [1.807, 2.05) is 0 Å². The van der Waals surface area contributed by atoms with Gasteiger partial charge in [0.2, 0.25) is 17.7 Å². The van der Waals surface area contributed by atoms with Gasteiger partial charge in [0.1, 0.15) is 12.1 Å². The first kappa shape index (κ1) is 24.6. The van der Waals surface area contributed by atoms with Crippen molar-refractivity contribution in [1.82, 2.24) is 10.6 Å². The van der Waals surface area contributed by atoms with E-state index in [4.69, 9.17) is 16.6 Å². The van der Waals surface area contributed by atoms with Crippen LogP contribution in [0, 0.1) is 0 Å².